The van der Waals surface area contributed by atoms with E-state index in [1.165, 1.54) is 11.0 Å². The zero-order valence-electron chi connectivity index (χ0n) is 19.3. The van der Waals surface area contributed by atoms with E-state index in [9.17, 15) is 18.0 Å². The molecule has 184 valence electrons. The number of alkyl halides is 3. The van der Waals surface area contributed by atoms with E-state index in [1.54, 1.807) is 6.07 Å². The van der Waals surface area contributed by atoms with Crippen molar-refractivity contribution in [1.82, 2.24) is 0 Å². The Morgan fingerprint density at radius 2 is 1.17 bits per heavy atom. The zero-order chi connectivity index (χ0) is 24.5. The molecule has 36 heavy (non-hydrogen) atoms. The van der Waals surface area contributed by atoms with Gasteiger partial charge in [-0.2, -0.15) is 13.2 Å². The number of amides is 1. The molecule has 0 spiro atoms. The molecular weight excluding hydrogens is 546 g/mol. The Bertz CT molecular complexity index is 1220. The zero-order valence-corrected chi connectivity index (χ0v) is 21.8. The molecule has 1 aliphatic rings. The van der Waals surface area contributed by atoms with Crippen molar-refractivity contribution in [2.24, 2.45) is 0 Å². The largest absolute Gasteiger partial charge is 1.00 e. The Balaban J connectivity index is 0.00000304. The van der Waals surface area contributed by atoms with Crippen LogP contribution in [0.4, 0.5) is 18.9 Å². The summed E-state index contributed by atoms with van der Waals surface area (Å²) in [6.07, 6.45) is -3.91. The van der Waals surface area contributed by atoms with Gasteiger partial charge in [0.25, 0.3) is 5.91 Å². The standard InChI is InChI=1S/C29H24F3NOP.BrH/c30-29(31,32)22-11-10-12-23(21-22)33-20-19-27(28(33)34)35(24-13-4-1-5-14-24,25-15-6-2-7-16-25)26-17-8-3-9-18-26;/h1-18,21,27H,19-20H2;1H/q+1;/p-1. The summed E-state index contributed by atoms with van der Waals surface area (Å²) in [5.41, 5.74) is -0.842. The highest BCUT2D eigenvalue weighted by Gasteiger charge is 2.58. The van der Waals surface area contributed by atoms with Gasteiger partial charge in [0.15, 0.2) is 5.66 Å². The van der Waals surface area contributed by atoms with Gasteiger partial charge in [0.1, 0.15) is 23.2 Å². The summed E-state index contributed by atoms with van der Waals surface area (Å²) in [6, 6.07) is 35.3. The van der Waals surface area contributed by atoms with Gasteiger partial charge in [-0.1, -0.05) is 60.7 Å². The van der Waals surface area contributed by atoms with Crippen LogP contribution < -0.4 is 37.8 Å². The van der Waals surface area contributed by atoms with Gasteiger partial charge in [-0.05, 0) is 54.6 Å². The van der Waals surface area contributed by atoms with Crippen LogP contribution in [0.3, 0.4) is 0 Å². The number of carbonyl (C=O) groups is 1. The Kier molecular flexibility index (Phi) is 7.67. The van der Waals surface area contributed by atoms with Crippen molar-refractivity contribution < 1.29 is 34.9 Å². The van der Waals surface area contributed by atoms with E-state index < -0.39 is 19.0 Å². The van der Waals surface area contributed by atoms with Gasteiger partial charge in [-0.25, -0.2) is 0 Å². The molecular formula is C29H24BrF3NOP. The van der Waals surface area contributed by atoms with Crippen LogP contribution in [0, 0.1) is 0 Å². The molecule has 2 nitrogen and oxygen atoms in total. The number of rotatable bonds is 5. The lowest BCUT2D eigenvalue weighted by Gasteiger charge is -2.32. The predicted molar refractivity (Wildman–Crippen MR) is 137 cm³/mol. The normalized spacial score (nSPS) is 16.0. The monoisotopic (exact) mass is 569 g/mol. The first-order valence-electron chi connectivity index (χ1n) is 11.5. The van der Waals surface area contributed by atoms with Crippen LogP contribution in [-0.4, -0.2) is 18.1 Å². The van der Waals surface area contributed by atoms with E-state index >= 15 is 0 Å². The SMILES string of the molecule is O=C1C([P+](c2ccccc2)(c2ccccc2)c2ccccc2)CCN1c1cccc(C(F)(F)F)c1.[Br-]. The molecule has 5 rings (SSSR count). The Morgan fingerprint density at radius 1 is 0.694 bits per heavy atom. The molecule has 1 heterocycles. The Labute approximate surface area is 219 Å². The third kappa shape index (κ3) is 4.60. The second-order valence-electron chi connectivity index (χ2n) is 8.57. The highest BCUT2D eigenvalue weighted by Crippen LogP contribution is 2.62. The molecule has 1 aliphatic heterocycles. The summed E-state index contributed by atoms with van der Waals surface area (Å²) in [5, 5.41) is 3.25. The Morgan fingerprint density at radius 3 is 1.61 bits per heavy atom. The molecule has 1 atom stereocenters. The predicted octanol–water partition coefficient (Wildman–Crippen LogP) is 2.81. The number of nitrogens with zero attached hydrogens (tertiary/aromatic N) is 1. The summed E-state index contributed by atoms with van der Waals surface area (Å²) in [7, 11) is -2.47. The third-order valence-corrected chi connectivity index (χ3v) is 11.4. The number of halogens is 4. The molecule has 1 fully saturated rings. The second-order valence-corrected chi connectivity index (χ2v) is 12.2. The molecule has 1 unspecified atom stereocenters. The quantitative estimate of drug-likeness (QED) is 0.339. The van der Waals surface area contributed by atoms with E-state index in [4.69, 9.17) is 0 Å². The van der Waals surface area contributed by atoms with Gasteiger partial charge in [-0.3, -0.25) is 4.79 Å². The van der Waals surface area contributed by atoms with Gasteiger partial charge < -0.3 is 21.9 Å². The number of anilines is 1. The van der Waals surface area contributed by atoms with Gasteiger partial charge in [-0.15, -0.1) is 0 Å². The lowest BCUT2D eigenvalue weighted by molar-refractivity contribution is -0.137. The molecule has 1 saturated heterocycles. The molecule has 0 bridgehead atoms. The van der Waals surface area contributed by atoms with Gasteiger partial charge in [0.2, 0.25) is 0 Å². The topological polar surface area (TPSA) is 20.3 Å². The third-order valence-electron chi connectivity index (χ3n) is 6.62. The van der Waals surface area contributed by atoms with Crippen LogP contribution in [0.1, 0.15) is 12.0 Å². The van der Waals surface area contributed by atoms with Gasteiger partial charge in [0, 0.05) is 18.7 Å². The van der Waals surface area contributed by atoms with Crippen LogP contribution in [0.15, 0.2) is 115 Å². The van der Waals surface area contributed by atoms with Crippen molar-refractivity contribution in [3.63, 3.8) is 0 Å². The molecule has 4 aromatic rings. The van der Waals surface area contributed by atoms with Crippen LogP contribution in [0.5, 0.6) is 0 Å². The molecule has 1 amide bonds. The number of benzene rings is 4. The second kappa shape index (κ2) is 10.6. The highest BCUT2D eigenvalue weighted by atomic mass is 79.9. The fraction of sp³-hybridized carbons (Fsp3) is 0.138. The molecule has 0 aliphatic carbocycles. The fourth-order valence-corrected chi connectivity index (χ4v) is 9.98. The fourth-order valence-electron chi connectivity index (χ4n) is 5.11. The van der Waals surface area contributed by atoms with E-state index in [1.807, 2.05) is 54.6 Å². The summed E-state index contributed by atoms with van der Waals surface area (Å²) in [4.78, 5) is 15.6. The molecule has 0 N–H and O–H groups in total. The summed E-state index contributed by atoms with van der Waals surface area (Å²) < 4.78 is 40.2. The summed E-state index contributed by atoms with van der Waals surface area (Å²) >= 11 is 0. The maximum absolute atomic E-state index is 14.1. The minimum Gasteiger partial charge on any atom is -1.00 e. The summed E-state index contributed by atoms with van der Waals surface area (Å²) in [5.74, 6) is -0.130. The first-order chi connectivity index (χ1) is 16.9. The van der Waals surface area contributed by atoms with E-state index in [0.29, 0.717) is 18.7 Å². The van der Waals surface area contributed by atoms with E-state index in [0.717, 1.165) is 28.0 Å². The lowest BCUT2D eigenvalue weighted by atomic mass is 10.2. The van der Waals surface area contributed by atoms with Crippen LogP contribution in [-0.2, 0) is 11.0 Å². The van der Waals surface area contributed by atoms with E-state index in [-0.39, 0.29) is 28.5 Å². The van der Waals surface area contributed by atoms with Gasteiger partial charge in [0.05, 0.1) is 5.56 Å². The van der Waals surface area contributed by atoms with Gasteiger partial charge >= 0.3 is 6.18 Å². The molecule has 0 saturated carbocycles. The first kappa shape index (κ1) is 26.1. The maximum Gasteiger partial charge on any atom is 0.416 e. The van der Waals surface area contributed by atoms with Crippen molar-refractivity contribution in [3.05, 3.63) is 121 Å². The van der Waals surface area contributed by atoms with Crippen molar-refractivity contribution in [1.29, 1.82) is 0 Å². The number of carbonyl (C=O) groups excluding carboxylic acids is 1. The van der Waals surface area contributed by atoms with Crippen molar-refractivity contribution in [2.75, 3.05) is 11.4 Å². The van der Waals surface area contributed by atoms with Crippen molar-refractivity contribution in [2.45, 2.75) is 18.3 Å². The molecule has 7 heteroatoms. The van der Waals surface area contributed by atoms with E-state index in [2.05, 4.69) is 36.4 Å². The maximum atomic E-state index is 14.1. The minimum atomic E-state index is -4.47. The highest BCUT2D eigenvalue weighted by molar-refractivity contribution is 7.97. The first-order valence-corrected chi connectivity index (χ1v) is 13.3. The smallest absolute Gasteiger partial charge is 0.416 e. The van der Waals surface area contributed by atoms with Crippen LogP contribution in [0.2, 0.25) is 0 Å². The average molecular weight is 570 g/mol. The van der Waals surface area contributed by atoms with Crippen molar-refractivity contribution in [3.8, 4) is 0 Å². The summed E-state index contributed by atoms with van der Waals surface area (Å²) in [6.45, 7) is 0.374. The number of hydrogen-bond donors (Lipinski definition) is 0. The Hall–Kier alpha value is -2.95. The minimum absolute atomic E-state index is 0. The number of hydrogen-bond acceptors (Lipinski definition) is 1. The lowest BCUT2D eigenvalue weighted by Crippen LogP contribution is -3.00. The average Bonchev–Trinajstić information content (AvgIpc) is 3.27. The van der Waals surface area contributed by atoms with Crippen LogP contribution >= 0.6 is 7.26 Å². The van der Waals surface area contributed by atoms with Crippen LogP contribution in [0.25, 0.3) is 0 Å². The van der Waals surface area contributed by atoms with Crippen molar-refractivity contribution >= 4 is 34.8 Å². The molecule has 0 aromatic heterocycles. The molecule has 4 aromatic carbocycles. The molecule has 0 radical (unpaired) electrons.